The number of ether oxygens (including phenoxy) is 1. The molecule has 0 aliphatic heterocycles. The summed E-state index contributed by atoms with van der Waals surface area (Å²) in [7, 11) is 5.39. The van der Waals surface area contributed by atoms with Gasteiger partial charge >= 0.3 is 0 Å². The molecule has 0 saturated carbocycles. The fourth-order valence-corrected chi connectivity index (χ4v) is 3.28. The van der Waals surface area contributed by atoms with Crippen LogP contribution in [0.3, 0.4) is 0 Å². The van der Waals surface area contributed by atoms with Crippen molar-refractivity contribution < 1.29 is 14.3 Å². The third-order valence-corrected chi connectivity index (χ3v) is 4.94. The van der Waals surface area contributed by atoms with Gasteiger partial charge in [0.15, 0.2) is 0 Å². The maximum atomic E-state index is 12.6. The van der Waals surface area contributed by atoms with E-state index in [1.807, 2.05) is 61.5 Å². The second kappa shape index (κ2) is 11.4. The molecule has 0 unspecified atom stereocenters. The van der Waals surface area contributed by atoms with E-state index in [0.717, 1.165) is 17.0 Å². The molecule has 0 radical (unpaired) electrons. The molecule has 0 spiro atoms. The molecule has 0 saturated heterocycles. The summed E-state index contributed by atoms with van der Waals surface area (Å²) in [6.07, 6.45) is 0.743. The minimum Gasteiger partial charge on any atom is -0.385 e. The maximum absolute atomic E-state index is 12.6. The van der Waals surface area contributed by atoms with Gasteiger partial charge in [0.25, 0.3) is 5.91 Å². The van der Waals surface area contributed by atoms with E-state index in [-0.39, 0.29) is 11.8 Å². The SMILES string of the molecule is COCCCNC(=O)c1cc(NC(=O)CSc2ccccc2)ccc1N(C)C. The molecule has 0 aliphatic rings. The van der Waals surface area contributed by atoms with Gasteiger partial charge in [0.1, 0.15) is 0 Å². The van der Waals surface area contributed by atoms with Crippen molar-refractivity contribution in [2.75, 3.05) is 50.3 Å². The second-order valence-electron chi connectivity index (χ2n) is 6.38. The van der Waals surface area contributed by atoms with Crippen LogP contribution in [0.5, 0.6) is 0 Å². The summed E-state index contributed by atoms with van der Waals surface area (Å²) < 4.78 is 5.00. The first-order valence-corrected chi connectivity index (χ1v) is 10.1. The molecule has 2 rings (SSSR count). The number of thioether (sulfide) groups is 1. The number of carbonyl (C=O) groups excluding carboxylic acids is 2. The minimum absolute atomic E-state index is 0.113. The number of anilines is 2. The Morgan fingerprint density at radius 2 is 1.86 bits per heavy atom. The quantitative estimate of drug-likeness (QED) is 0.472. The largest absolute Gasteiger partial charge is 0.385 e. The van der Waals surface area contributed by atoms with E-state index >= 15 is 0 Å². The topological polar surface area (TPSA) is 70.7 Å². The molecule has 0 aliphatic carbocycles. The number of benzene rings is 2. The van der Waals surface area contributed by atoms with Crippen LogP contribution in [-0.4, -0.2) is 51.9 Å². The monoisotopic (exact) mass is 401 g/mol. The normalized spacial score (nSPS) is 10.4. The van der Waals surface area contributed by atoms with Gasteiger partial charge in [0, 0.05) is 50.6 Å². The Bertz CT molecular complexity index is 782. The van der Waals surface area contributed by atoms with Gasteiger partial charge in [-0.15, -0.1) is 11.8 Å². The minimum atomic E-state index is -0.172. The van der Waals surface area contributed by atoms with Crippen LogP contribution in [0.25, 0.3) is 0 Å². The molecule has 2 aromatic rings. The van der Waals surface area contributed by atoms with Crippen molar-refractivity contribution in [2.24, 2.45) is 0 Å². The van der Waals surface area contributed by atoms with Crippen LogP contribution < -0.4 is 15.5 Å². The van der Waals surface area contributed by atoms with Gasteiger partial charge in [-0.2, -0.15) is 0 Å². The number of carbonyl (C=O) groups is 2. The van der Waals surface area contributed by atoms with E-state index in [2.05, 4.69) is 10.6 Å². The molecule has 150 valence electrons. The van der Waals surface area contributed by atoms with Crippen molar-refractivity contribution >= 4 is 35.0 Å². The predicted molar refractivity (Wildman–Crippen MR) is 115 cm³/mol. The van der Waals surface area contributed by atoms with E-state index in [4.69, 9.17) is 4.74 Å². The van der Waals surface area contributed by atoms with Crippen LogP contribution in [0, 0.1) is 0 Å². The number of hydrogen-bond acceptors (Lipinski definition) is 5. The van der Waals surface area contributed by atoms with Crippen molar-refractivity contribution in [3.8, 4) is 0 Å². The number of nitrogens with zero attached hydrogens (tertiary/aromatic N) is 1. The first-order chi connectivity index (χ1) is 13.5. The molecule has 2 amide bonds. The summed E-state index contributed by atoms with van der Waals surface area (Å²) in [4.78, 5) is 27.8. The van der Waals surface area contributed by atoms with Gasteiger partial charge in [-0.1, -0.05) is 18.2 Å². The molecule has 0 atom stereocenters. The highest BCUT2D eigenvalue weighted by Gasteiger charge is 2.14. The summed E-state index contributed by atoms with van der Waals surface area (Å²) in [6.45, 7) is 1.12. The van der Waals surface area contributed by atoms with Crippen LogP contribution in [0.15, 0.2) is 53.4 Å². The number of rotatable bonds is 10. The fraction of sp³-hybridized carbons (Fsp3) is 0.333. The average Bonchev–Trinajstić information content (AvgIpc) is 2.70. The zero-order valence-electron chi connectivity index (χ0n) is 16.5. The smallest absolute Gasteiger partial charge is 0.253 e. The van der Waals surface area contributed by atoms with Crippen LogP contribution in [0.1, 0.15) is 16.8 Å². The lowest BCUT2D eigenvalue weighted by Gasteiger charge is -2.18. The van der Waals surface area contributed by atoms with Crippen molar-refractivity contribution in [1.29, 1.82) is 0 Å². The summed E-state index contributed by atoms with van der Waals surface area (Å²) in [5.41, 5.74) is 1.92. The molecule has 0 aromatic heterocycles. The van der Waals surface area contributed by atoms with Gasteiger partial charge in [-0.3, -0.25) is 9.59 Å². The average molecular weight is 402 g/mol. The molecule has 2 aromatic carbocycles. The number of amides is 2. The van der Waals surface area contributed by atoms with Crippen LogP contribution in [0.4, 0.5) is 11.4 Å². The van der Waals surface area contributed by atoms with Crippen molar-refractivity contribution in [3.05, 3.63) is 54.1 Å². The Morgan fingerprint density at radius 1 is 1.11 bits per heavy atom. The lowest BCUT2D eigenvalue weighted by atomic mass is 10.1. The highest BCUT2D eigenvalue weighted by Crippen LogP contribution is 2.24. The van der Waals surface area contributed by atoms with E-state index < -0.39 is 0 Å². The zero-order chi connectivity index (χ0) is 20.4. The van der Waals surface area contributed by atoms with E-state index in [1.54, 1.807) is 13.2 Å². The fourth-order valence-electron chi connectivity index (χ4n) is 2.56. The van der Waals surface area contributed by atoms with Gasteiger partial charge in [-0.25, -0.2) is 0 Å². The lowest BCUT2D eigenvalue weighted by Crippen LogP contribution is -2.27. The highest BCUT2D eigenvalue weighted by molar-refractivity contribution is 8.00. The maximum Gasteiger partial charge on any atom is 0.253 e. The predicted octanol–water partition coefficient (Wildman–Crippen LogP) is 3.25. The van der Waals surface area contributed by atoms with E-state index in [9.17, 15) is 9.59 Å². The number of hydrogen-bond donors (Lipinski definition) is 2. The summed E-state index contributed by atoms with van der Waals surface area (Å²) in [5.74, 6) is 0.0188. The molecule has 0 bridgehead atoms. The van der Waals surface area contributed by atoms with E-state index in [0.29, 0.717) is 30.2 Å². The Kier molecular flexibility index (Phi) is 8.84. The Hall–Kier alpha value is -2.51. The summed E-state index contributed by atoms with van der Waals surface area (Å²) >= 11 is 1.47. The van der Waals surface area contributed by atoms with Gasteiger partial charge in [-0.05, 0) is 36.8 Å². The molecule has 6 nitrogen and oxygen atoms in total. The Balaban J connectivity index is 2.02. The van der Waals surface area contributed by atoms with Gasteiger partial charge < -0.3 is 20.3 Å². The lowest BCUT2D eigenvalue weighted by molar-refractivity contribution is -0.113. The van der Waals surface area contributed by atoms with E-state index in [1.165, 1.54) is 11.8 Å². The van der Waals surface area contributed by atoms with Crippen molar-refractivity contribution in [1.82, 2.24) is 5.32 Å². The molecular formula is C21H27N3O3S. The first kappa shape index (κ1) is 21.8. The summed E-state index contributed by atoms with van der Waals surface area (Å²) in [5, 5.41) is 5.77. The molecule has 7 heteroatoms. The molecule has 0 fully saturated rings. The third-order valence-electron chi connectivity index (χ3n) is 3.93. The van der Waals surface area contributed by atoms with Gasteiger partial charge in [0.2, 0.25) is 5.91 Å². The molecular weight excluding hydrogens is 374 g/mol. The first-order valence-electron chi connectivity index (χ1n) is 9.07. The Morgan fingerprint density at radius 3 is 2.54 bits per heavy atom. The standard InChI is InChI=1S/C21H27N3O3S/c1-24(2)19-11-10-16(14-18(19)21(26)22-12-7-13-27-3)23-20(25)15-28-17-8-5-4-6-9-17/h4-6,8-11,14H,7,12-13,15H2,1-3H3,(H,22,26)(H,23,25). The summed E-state index contributed by atoms with van der Waals surface area (Å²) in [6, 6.07) is 15.1. The zero-order valence-corrected chi connectivity index (χ0v) is 17.3. The molecule has 2 N–H and O–H groups in total. The van der Waals surface area contributed by atoms with Gasteiger partial charge in [0.05, 0.1) is 11.3 Å². The van der Waals surface area contributed by atoms with Crippen molar-refractivity contribution in [2.45, 2.75) is 11.3 Å². The number of methoxy groups -OCH3 is 1. The van der Waals surface area contributed by atoms with Crippen LogP contribution >= 0.6 is 11.8 Å². The van der Waals surface area contributed by atoms with Crippen molar-refractivity contribution in [3.63, 3.8) is 0 Å². The van der Waals surface area contributed by atoms with Crippen LogP contribution in [-0.2, 0) is 9.53 Å². The highest BCUT2D eigenvalue weighted by atomic mass is 32.2. The molecule has 28 heavy (non-hydrogen) atoms. The number of nitrogens with one attached hydrogen (secondary N) is 2. The molecule has 0 heterocycles. The van der Waals surface area contributed by atoms with Crippen LogP contribution in [0.2, 0.25) is 0 Å². The third kappa shape index (κ3) is 6.90. The Labute approximate surface area is 170 Å². The second-order valence-corrected chi connectivity index (χ2v) is 7.43.